The molecular formula is C48H38NOP2Ru. The van der Waals surface area contributed by atoms with Gasteiger partial charge in [0.25, 0.3) is 0 Å². The fourth-order valence-electron chi connectivity index (χ4n) is 5.43. The van der Waals surface area contributed by atoms with Crippen molar-refractivity contribution in [1.82, 2.24) is 4.98 Å². The van der Waals surface area contributed by atoms with Crippen LogP contribution in [0.25, 0.3) is 11.3 Å². The summed E-state index contributed by atoms with van der Waals surface area (Å²) in [6.07, 6.45) is 1.79. The topological polar surface area (TPSA) is 32.8 Å². The molecule has 5 heteroatoms. The van der Waals surface area contributed by atoms with E-state index in [0.29, 0.717) is 0 Å². The molecule has 0 aliphatic carbocycles. The quantitative estimate of drug-likeness (QED) is 0.0684. The van der Waals surface area contributed by atoms with Crippen molar-refractivity contribution in [3.63, 3.8) is 0 Å². The maximum atomic E-state index is 7.50. The van der Waals surface area contributed by atoms with E-state index in [2.05, 4.69) is 200 Å². The summed E-state index contributed by atoms with van der Waals surface area (Å²) in [6.45, 7) is 4.50. The Morgan fingerprint density at radius 3 is 0.887 bits per heavy atom. The summed E-state index contributed by atoms with van der Waals surface area (Å²) in [5.74, 6) is 0. The average Bonchev–Trinajstić information content (AvgIpc) is 3.25. The number of benzene rings is 7. The van der Waals surface area contributed by atoms with Gasteiger partial charge in [0, 0.05) is 6.20 Å². The SMILES string of the molecule is [C-]#[O+].[Ru+].[c-]1ccccc1-c1ccccn1.c1ccc(P(c2ccccc2)c2ccccc2)cc1.c1ccc(P(c2ccccc2)c2ccccc2)cc1. The van der Waals surface area contributed by atoms with Crippen LogP contribution in [-0.2, 0) is 24.1 Å². The van der Waals surface area contributed by atoms with Crippen molar-refractivity contribution in [2.45, 2.75) is 0 Å². The van der Waals surface area contributed by atoms with E-state index in [-0.39, 0.29) is 19.5 Å². The summed E-state index contributed by atoms with van der Waals surface area (Å²) in [4.78, 5) is 4.22. The van der Waals surface area contributed by atoms with Gasteiger partial charge in [-0.2, -0.15) is 0 Å². The van der Waals surface area contributed by atoms with Gasteiger partial charge in [0.15, 0.2) is 0 Å². The predicted octanol–water partition coefficient (Wildman–Crippen LogP) is 9.40. The van der Waals surface area contributed by atoms with E-state index in [1.807, 2.05) is 42.5 Å². The first-order valence-electron chi connectivity index (χ1n) is 16.9. The van der Waals surface area contributed by atoms with Gasteiger partial charge in [-0.05, 0) is 59.4 Å². The first-order chi connectivity index (χ1) is 25.9. The van der Waals surface area contributed by atoms with Crippen molar-refractivity contribution < 1.29 is 24.1 Å². The third kappa shape index (κ3) is 12.5. The van der Waals surface area contributed by atoms with Crippen molar-refractivity contribution in [3.05, 3.63) is 243 Å². The number of hydrogen-bond donors (Lipinski definition) is 0. The molecule has 0 N–H and O–H groups in total. The number of nitrogens with zero attached hydrogens (tertiary/aromatic N) is 1. The Morgan fingerprint density at radius 1 is 0.358 bits per heavy atom. The van der Waals surface area contributed by atoms with Gasteiger partial charge in [0.05, 0.1) is 0 Å². The Kier molecular flexibility index (Phi) is 18.0. The fraction of sp³-hybridized carbons (Fsp3) is 0. The molecule has 0 aliphatic heterocycles. The van der Waals surface area contributed by atoms with E-state index < -0.39 is 15.8 Å². The molecule has 259 valence electrons. The van der Waals surface area contributed by atoms with Crippen LogP contribution >= 0.6 is 15.8 Å². The van der Waals surface area contributed by atoms with Crippen molar-refractivity contribution in [3.8, 4) is 11.3 Å². The van der Waals surface area contributed by atoms with Crippen LogP contribution in [0.3, 0.4) is 0 Å². The van der Waals surface area contributed by atoms with Crippen molar-refractivity contribution in [2.75, 3.05) is 0 Å². The van der Waals surface area contributed by atoms with E-state index in [1.165, 1.54) is 31.8 Å². The molecule has 0 aliphatic rings. The van der Waals surface area contributed by atoms with Gasteiger partial charge in [-0.15, -0.1) is 35.9 Å². The summed E-state index contributed by atoms with van der Waals surface area (Å²) in [7, 11) is -0.892. The molecule has 0 bridgehead atoms. The molecule has 1 heterocycles. The molecule has 0 saturated heterocycles. The zero-order chi connectivity index (χ0) is 36.1. The Morgan fingerprint density at radius 2 is 0.642 bits per heavy atom. The van der Waals surface area contributed by atoms with Crippen LogP contribution in [-0.4, -0.2) is 4.98 Å². The van der Waals surface area contributed by atoms with Gasteiger partial charge in [0.1, 0.15) is 0 Å². The van der Waals surface area contributed by atoms with Crippen LogP contribution in [0.4, 0.5) is 0 Å². The molecule has 8 aromatic rings. The molecule has 8 rings (SSSR count). The van der Waals surface area contributed by atoms with Crippen molar-refractivity contribution in [2.24, 2.45) is 0 Å². The third-order valence-corrected chi connectivity index (χ3v) is 12.6. The number of aromatic nitrogens is 1. The molecule has 0 saturated carbocycles. The minimum atomic E-state index is -0.446. The molecule has 1 radical (unpaired) electrons. The molecule has 0 spiro atoms. The molecule has 1 aromatic heterocycles. The summed E-state index contributed by atoms with van der Waals surface area (Å²) < 4.78 is 7.50. The van der Waals surface area contributed by atoms with Gasteiger partial charge >= 0.3 is 30.8 Å². The Bertz CT molecular complexity index is 1780. The average molecular weight is 808 g/mol. The number of pyridine rings is 1. The Hall–Kier alpha value is -5.09. The Labute approximate surface area is 329 Å². The minimum absolute atomic E-state index is 0. The molecule has 53 heavy (non-hydrogen) atoms. The molecule has 2 nitrogen and oxygen atoms in total. The van der Waals surface area contributed by atoms with E-state index in [1.54, 1.807) is 6.20 Å². The second-order valence-electron chi connectivity index (χ2n) is 11.2. The second kappa shape index (κ2) is 23.5. The monoisotopic (exact) mass is 808 g/mol. The van der Waals surface area contributed by atoms with Crippen LogP contribution in [0.5, 0.6) is 0 Å². The molecule has 0 unspecified atom stereocenters. The zero-order valence-corrected chi connectivity index (χ0v) is 32.6. The predicted molar refractivity (Wildman–Crippen MR) is 223 cm³/mol. The standard InChI is InChI=1S/2C18H15P.C11H8N.CO.Ru/c2*1-4-10-16(11-5-1)19(17-12-6-2-7-13-17)18-14-8-3-9-15-18;1-2-6-10(7-3-1)11-8-4-5-9-12-11;1-2;/h2*1-15H;1-6,8-9H;;/q;;-1;;+1. The summed E-state index contributed by atoms with van der Waals surface area (Å²) in [6, 6.07) is 81.5. The molecule has 0 atom stereocenters. The van der Waals surface area contributed by atoms with Crippen LogP contribution in [0.1, 0.15) is 0 Å². The second-order valence-corrected chi connectivity index (χ2v) is 15.6. The van der Waals surface area contributed by atoms with Crippen molar-refractivity contribution >= 4 is 47.7 Å². The summed E-state index contributed by atoms with van der Waals surface area (Å²) in [5, 5.41) is 8.39. The van der Waals surface area contributed by atoms with Crippen LogP contribution in [0.2, 0.25) is 0 Å². The van der Waals surface area contributed by atoms with Gasteiger partial charge in [0.2, 0.25) is 0 Å². The number of rotatable bonds is 7. The maximum absolute atomic E-state index is 7.50. The summed E-state index contributed by atoms with van der Waals surface area (Å²) >= 11 is 0. The van der Waals surface area contributed by atoms with E-state index in [9.17, 15) is 0 Å². The summed E-state index contributed by atoms with van der Waals surface area (Å²) in [5.41, 5.74) is 2.01. The smallest absolute Gasteiger partial charge is 0.305 e. The molecule has 0 fully saturated rings. The zero-order valence-electron chi connectivity index (χ0n) is 29.0. The first kappa shape index (κ1) is 40.7. The fourth-order valence-corrected chi connectivity index (χ4v) is 10.0. The number of hydrogen-bond acceptors (Lipinski definition) is 1. The van der Waals surface area contributed by atoms with Gasteiger partial charge in [-0.3, -0.25) is 0 Å². The minimum Gasteiger partial charge on any atom is -0.305 e. The van der Waals surface area contributed by atoms with Crippen LogP contribution in [0, 0.1) is 12.7 Å². The van der Waals surface area contributed by atoms with E-state index >= 15 is 0 Å². The third-order valence-electron chi connectivity index (χ3n) is 7.74. The van der Waals surface area contributed by atoms with Gasteiger partial charge < -0.3 is 4.98 Å². The Balaban J connectivity index is 0.000000176. The van der Waals surface area contributed by atoms with Crippen molar-refractivity contribution in [1.29, 1.82) is 0 Å². The largest absolute Gasteiger partial charge is 1.00 e. The maximum Gasteiger partial charge on any atom is 1.00 e. The molecular weight excluding hydrogens is 770 g/mol. The van der Waals surface area contributed by atoms with E-state index in [4.69, 9.17) is 4.65 Å². The normalized spacial score (nSPS) is 9.81. The molecule has 0 amide bonds. The van der Waals surface area contributed by atoms with Crippen LogP contribution < -0.4 is 31.8 Å². The van der Waals surface area contributed by atoms with Crippen LogP contribution in [0.15, 0.2) is 231 Å². The first-order valence-corrected chi connectivity index (χ1v) is 19.5. The van der Waals surface area contributed by atoms with Gasteiger partial charge in [-0.1, -0.05) is 194 Å². The van der Waals surface area contributed by atoms with E-state index in [0.717, 1.165) is 11.3 Å². The van der Waals surface area contributed by atoms with Gasteiger partial charge in [-0.25, -0.2) is 0 Å². The molecule has 7 aromatic carbocycles.